The van der Waals surface area contributed by atoms with Gasteiger partial charge in [0.2, 0.25) is 0 Å². The van der Waals surface area contributed by atoms with Gasteiger partial charge in [-0.2, -0.15) is 0 Å². The van der Waals surface area contributed by atoms with Crippen molar-refractivity contribution in [2.45, 2.75) is 26.7 Å². The molecule has 1 aromatic carbocycles. The zero-order valence-corrected chi connectivity index (χ0v) is 12.0. The molecule has 0 unspecified atom stereocenters. The first-order valence-electron chi connectivity index (χ1n) is 6.07. The van der Waals surface area contributed by atoms with E-state index < -0.39 is 0 Å². The maximum atomic E-state index is 12.2. The molecule has 1 heterocycles. The first-order valence-corrected chi connectivity index (χ1v) is 6.86. The summed E-state index contributed by atoms with van der Waals surface area (Å²) in [5.41, 5.74) is 2.74. The molecule has 3 rings (SSSR count). The Kier molecular flexibility index (Phi) is 2.56. The highest BCUT2D eigenvalue weighted by Gasteiger charge is 2.31. The van der Waals surface area contributed by atoms with Crippen molar-refractivity contribution in [3.05, 3.63) is 40.0 Å². The molecule has 2 nitrogen and oxygen atoms in total. The zero-order chi connectivity index (χ0) is 12.9. The van der Waals surface area contributed by atoms with E-state index in [9.17, 15) is 4.79 Å². The van der Waals surface area contributed by atoms with Gasteiger partial charge >= 0.3 is 0 Å². The lowest BCUT2D eigenvalue weighted by molar-refractivity contribution is 0.0910. The van der Waals surface area contributed by atoms with Gasteiger partial charge in [0, 0.05) is 21.8 Å². The summed E-state index contributed by atoms with van der Waals surface area (Å²) >= 11 is 3.45. The molecule has 0 aliphatic heterocycles. The van der Waals surface area contributed by atoms with Crippen molar-refractivity contribution in [3.8, 4) is 0 Å². The molecule has 0 amide bonds. The first-order chi connectivity index (χ1) is 8.44. The van der Waals surface area contributed by atoms with Crippen molar-refractivity contribution in [3.63, 3.8) is 0 Å². The van der Waals surface area contributed by atoms with Gasteiger partial charge in [0.25, 0.3) is 0 Å². The molecule has 0 bridgehead atoms. The first kappa shape index (κ1) is 11.8. The van der Waals surface area contributed by atoms with E-state index in [1.54, 1.807) is 0 Å². The van der Waals surface area contributed by atoms with Crippen molar-refractivity contribution in [1.82, 2.24) is 4.98 Å². The van der Waals surface area contributed by atoms with Crippen LogP contribution in [0.25, 0.3) is 10.9 Å². The van der Waals surface area contributed by atoms with Crippen LogP contribution >= 0.6 is 15.9 Å². The average molecular weight is 304 g/mol. The molecule has 0 N–H and O–H groups in total. The molecular weight excluding hydrogens is 290 g/mol. The number of benzene rings is 1. The van der Waals surface area contributed by atoms with Gasteiger partial charge in [-0.3, -0.25) is 9.78 Å². The number of nitrogens with zero attached hydrogens (tertiary/aromatic N) is 1. The number of carbonyl (C=O) groups excluding carboxylic acids is 1. The van der Waals surface area contributed by atoms with Crippen molar-refractivity contribution in [2.24, 2.45) is 5.41 Å². The summed E-state index contributed by atoms with van der Waals surface area (Å²) in [5, 5.41) is 1.02. The molecule has 18 heavy (non-hydrogen) atoms. The molecular formula is C15H14BrNO. The van der Waals surface area contributed by atoms with E-state index in [0.29, 0.717) is 6.42 Å². The minimum atomic E-state index is 0.0279. The highest BCUT2D eigenvalue weighted by atomic mass is 79.9. The number of rotatable bonds is 0. The quantitative estimate of drug-likeness (QED) is 0.732. The Balaban J connectivity index is 2.24. The molecule has 0 atom stereocenters. The molecule has 0 saturated heterocycles. The Labute approximate surface area is 115 Å². The van der Waals surface area contributed by atoms with Gasteiger partial charge in [0.05, 0.1) is 11.2 Å². The lowest BCUT2D eigenvalue weighted by atomic mass is 9.75. The number of aromatic nitrogens is 1. The predicted octanol–water partition coefficient (Wildman–Crippen LogP) is 4.15. The number of carbonyl (C=O) groups is 1. The number of ketones is 1. The van der Waals surface area contributed by atoms with Crippen LogP contribution in [0.15, 0.2) is 28.7 Å². The van der Waals surface area contributed by atoms with E-state index in [-0.39, 0.29) is 11.2 Å². The fourth-order valence-electron chi connectivity index (χ4n) is 2.61. The lowest BCUT2D eigenvalue weighted by Crippen LogP contribution is -2.27. The Morgan fingerprint density at radius 3 is 2.78 bits per heavy atom. The SMILES string of the molecule is CC1(C)CC(=O)c2cc3cc(Br)ccc3nc2C1. The van der Waals surface area contributed by atoms with Crippen LogP contribution in [0.4, 0.5) is 0 Å². The molecule has 3 heteroatoms. The predicted molar refractivity (Wildman–Crippen MR) is 75.9 cm³/mol. The van der Waals surface area contributed by atoms with Crippen LogP contribution < -0.4 is 0 Å². The van der Waals surface area contributed by atoms with E-state index in [1.807, 2.05) is 24.3 Å². The van der Waals surface area contributed by atoms with Crippen LogP contribution in [0, 0.1) is 5.41 Å². The topological polar surface area (TPSA) is 30.0 Å². The molecule has 0 saturated carbocycles. The standard InChI is InChI=1S/C15H14BrNO/c1-15(2)7-13-11(14(18)8-15)6-9-5-10(16)3-4-12(9)17-13/h3-6H,7-8H2,1-2H3. The Morgan fingerprint density at radius 1 is 1.22 bits per heavy atom. The number of pyridine rings is 1. The molecule has 1 aromatic heterocycles. The van der Waals surface area contributed by atoms with E-state index in [1.165, 1.54) is 0 Å². The highest BCUT2D eigenvalue weighted by Crippen LogP contribution is 2.35. The van der Waals surface area contributed by atoms with Gasteiger partial charge in [-0.15, -0.1) is 0 Å². The summed E-state index contributed by atoms with van der Waals surface area (Å²) in [4.78, 5) is 16.8. The summed E-state index contributed by atoms with van der Waals surface area (Å²) in [7, 11) is 0. The second-order valence-corrected chi connectivity index (χ2v) is 6.68. The smallest absolute Gasteiger partial charge is 0.165 e. The average Bonchev–Trinajstić information content (AvgIpc) is 2.26. The van der Waals surface area contributed by atoms with Crippen molar-refractivity contribution >= 4 is 32.6 Å². The van der Waals surface area contributed by atoms with Gasteiger partial charge in [0.1, 0.15) is 0 Å². The summed E-state index contributed by atoms with van der Waals surface area (Å²) in [6, 6.07) is 7.97. The van der Waals surface area contributed by atoms with Gasteiger partial charge in [0.15, 0.2) is 5.78 Å². The van der Waals surface area contributed by atoms with Crippen LogP contribution in [0.1, 0.15) is 36.3 Å². The summed E-state index contributed by atoms with van der Waals surface area (Å²) in [6.07, 6.45) is 1.49. The maximum Gasteiger partial charge on any atom is 0.165 e. The fourth-order valence-corrected chi connectivity index (χ4v) is 2.99. The lowest BCUT2D eigenvalue weighted by Gasteiger charge is -2.29. The minimum Gasteiger partial charge on any atom is -0.294 e. The molecule has 1 aliphatic carbocycles. The fraction of sp³-hybridized carbons (Fsp3) is 0.333. The molecule has 0 fully saturated rings. The molecule has 2 aromatic rings. The monoisotopic (exact) mass is 303 g/mol. The van der Waals surface area contributed by atoms with E-state index in [2.05, 4.69) is 34.8 Å². The molecule has 1 aliphatic rings. The third-order valence-electron chi connectivity index (χ3n) is 3.44. The van der Waals surface area contributed by atoms with Gasteiger partial charge < -0.3 is 0 Å². The number of fused-ring (bicyclic) bond motifs is 2. The number of halogens is 1. The molecule has 0 radical (unpaired) electrons. The number of hydrogen-bond acceptors (Lipinski definition) is 2. The van der Waals surface area contributed by atoms with Crippen LogP contribution in [0.5, 0.6) is 0 Å². The molecule has 92 valence electrons. The number of Topliss-reactive ketones (excluding diaryl/α,β-unsaturated/α-hetero) is 1. The zero-order valence-electron chi connectivity index (χ0n) is 10.5. The van der Waals surface area contributed by atoms with Crippen LogP contribution in [0.3, 0.4) is 0 Å². The largest absolute Gasteiger partial charge is 0.294 e. The van der Waals surface area contributed by atoms with E-state index in [4.69, 9.17) is 0 Å². The maximum absolute atomic E-state index is 12.2. The van der Waals surface area contributed by atoms with Crippen LogP contribution in [0.2, 0.25) is 0 Å². The van der Waals surface area contributed by atoms with Crippen LogP contribution in [-0.2, 0) is 6.42 Å². The van der Waals surface area contributed by atoms with Gasteiger partial charge in [-0.1, -0.05) is 29.8 Å². The normalized spacial score (nSPS) is 17.8. The Morgan fingerprint density at radius 2 is 2.00 bits per heavy atom. The van der Waals surface area contributed by atoms with Crippen LogP contribution in [-0.4, -0.2) is 10.8 Å². The number of hydrogen-bond donors (Lipinski definition) is 0. The molecule has 0 spiro atoms. The van der Waals surface area contributed by atoms with Crippen molar-refractivity contribution in [2.75, 3.05) is 0 Å². The minimum absolute atomic E-state index is 0.0279. The Bertz CT molecular complexity index is 661. The summed E-state index contributed by atoms with van der Waals surface area (Å²) in [5.74, 6) is 0.218. The summed E-state index contributed by atoms with van der Waals surface area (Å²) in [6.45, 7) is 4.25. The Hall–Kier alpha value is -1.22. The van der Waals surface area contributed by atoms with E-state index in [0.717, 1.165) is 33.1 Å². The van der Waals surface area contributed by atoms with Crippen molar-refractivity contribution in [1.29, 1.82) is 0 Å². The second-order valence-electron chi connectivity index (χ2n) is 5.76. The third kappa shape index (κ3) is 1.97. The summed E-state index contributed by atoms with van der Waals surface area (Å²) < 4.78 is 1.01. The van der Waals surface area contributed by atoms with E-state index >= 15 is 0 Å². The van der Waals surface area contributed by atoms with Crippen molar-refractivity contribution < 1.29 is 4.79 Å². The van der Waals surface area contributed by atoms with Gasteiger partial charge in [-0.05, 0) is 36.1 Å². The highest BCUT2D eigenvalue weighted by molar-refractivity contribution is 9.10. The second kappa shape index (κ2) is 3.89. The van der Waals surface area contributed by atoms with Gasteiger partial charge in [-0.25, -0.2) is 0 Å². The third-order valence-corrected chi connectivity index (χ3v) is 3.93.